The van der Waals surface area contributed by atoms with Crippen molar-refractivity contribution in [2.24, 2.45) is 35.5 Å². The molecule has 2 aliphatic heterocycles. The van der Waals surface area contributed by atoms with Gasteiger partial charge in [-0.1, -0.05) is 34.0 Å². The standard InChI is InChI=1S/C27H33N5O3.C26H31N5O3/c1-18(34)27-28-10-11-32(27)25(17-30(2)3)24-14-26(35-29-24)20-7-4-19(5-8-20)6-9-21-22-15-31(12-13-33)16-23(21)22;1-17(33)26-28-9-10-31(26)24(14-27-2)23-13-25(34-29-23)19-6-3-18(4-7-19)5-8-20-21-15-30(11-12-32)16-22(20)21/h4-5,7-8,10-11,14,18,21-23,25,33-34H,12-13,15-17H2,1-3H3;3-4,6-7,9-10,13,17,20-22,24,27,32-33H,11-12,14-16H2,1-2H3/t18-,21?,22-,23+,25+;17-,20?,21-,22+,24+/m00/s1. The molecular formula is C53H64N10O6. The van der Waals surface area contributed by atoms with Crippen molar-refractivity contribution >= 4 is 0 Å². The lowest BCUT2D eigenvalue weighted by Crippen LogP contribution is -2.27. The lowest BCUT2D eigenvalue weighted by atomic mass is 10.1. The predicted molar refractivity (Wildman–Crippen MR) is 260 cm³/mol. The van der Waals surface area contributed by atoms with Crippen molar-refractivity contribution in [1.29, 1.82) is 0 Å². The molecule has 0 amide bonds. The van der Waals surface area contributed by atoms with Crippen molar-refractivity contribution in [2.75, 3.05) is 86.7 Å². The molecule has 4 fully saturated rings. The molecule has 4 aliphatic rings. The van der Waals surface area contributed by atoms with Crippen LogP contribution in [0.15, 0.2) is 94.5 Å². The van der Waals surface area contributed by atoms with Crippen molar-refractivity contribution in [1.82, 2.24) is 49.4 Å². The zero-order valence-electron chi connectivity index (χ0n) is 40.1. The molecule has 10 atom stereocenters. The number of β-amino-alcohol motifs (C(OH)–C–C–N with tert-alkyl or cyclic N) is 2. The number of aromatic nitrogens is 6. The van der Waals surface area contributed by atoms with Crippen molar-refractivity contribution in [2.45, 2.75) is 38.1 Å². The van der Waals surface area contributed by atoms with Gasteiger partial charge >= 0.3 is 0 Å². The summed E-state index contributed by atoms with van der Waals surface area (Å²) < 4.78 is 15.3. The first-order valence-electron chi connectivity index (χ1n) is 24.1. The van der Waals surface area contributed by atoms with Gasteiger partial charge in [0.2, 0.25) is 0 Å². The highest BCUT2D eigenvalue weighted by Crippen LogP contribution is 2.52. The summed E-state index contributed by atoms with van der Waals surface area (Å²) in [5.74, 6) is 19.8. The topological polar surface area (TPSA) is 190 Å². The monoisotopic (exact) mass is 937 g/mol. The summed E-state index contributed by atoms with van der Waals surface area (Å²) >= 11 is 0. The van der Waals surface area contributed by atoms with E-state index in [9.17, 15) is 10.2 Å². The molecule has 0 spiro atoms. The van der Waals surface area contributed by atoms with Crippen LogP contribution in [0.4, 0.5) is 0 Å². The van der Waals surface area contributed by atoms with Crippen LogP contribution in [0.25, 0.3) is 22.6 Å². The van der Waals surface area contributed by atoms with Gasteiger partial charge < -0.3 is 58.6 Å². The molecule has 2 saturated heterocycles. The lowest BCUT2D eigenvalue weighted by Gasteiger charge is -2.23. The van der Waals surface area contributed by atoms with Crippen LogP contribution >= 0.6 is 0 Å². The fourth-order valence-corrected chi connectivity index (χ4v) is 10.3. The number of benzene rings is 2. The number of aliphatic hydroxyl groups is 4. The number of hydrogen-bond donors (Lipinski definition) is 5. The fourth-order valence-electron chi connectivity index (χ4n) is 10.3. The second-order valence-electron chi connectivity index (χ2n) is 19.2. The van der Waals surface area contributed by atoms with Crippen LogP contribution in [-0.2, 0) is 0 Å². The van der Waals surface area contributed by atoms with E-state index in [4.69, 9.17) is 19.3 Å². The Labute approximate surface area is 403 Å². The number of piperidine rings is 2. The molecule has 2 unspecified atom stereocenters. The van der Waals surface area contributed by atoms with E-state index in [0.717, 1.165) is 72.9 Å². The molecular weight excluding hydrogens is 873 g/mol. The van der Waals surface area contributed by atoms with E-state index < -0.39 is 12.2 Å². The van der Waals surface area contributed by atoms with Gasteiger partial charge in [-0.3, -0.25) is 0 Å². The SMILES string of the molecule is CNC[C@H](c1cc(-c2ccc(C#CC3[C@H]4CN(CCO)C[C@@H]34)cc2)on1)n1ccnc1[C@H](C)O.C[C@H](O)c1nccn1[C@H](CN(C)C)c1cc(-c2ccc(C#CC3[C@H]4CN(CCO)C[C@@H]34)cc2)on1. The Balaban J connectivity index is 0.000000172. The highest BCUT2D eigenvalue weighted by Gasteiger charge is 2.55. The van der Waals surface area contributed by atoms with Gasteiger partial charge in [-0.25, -0.2) is 9.97 Å². The Morgan fingerprint density at radius 2 is 1.09 bits per heavy atom. The van der Waals surface area contributed by atoms with E-state index in [2.05, 4.69) is 64.0 Å². The van der Waals surface area contributed by atoms with Crippen LogP contribution < -0.4 is 5.32 Å². The van der Waals surface area contributed by atoms with E-state index >= 15 is 0 Å². The fraction of sp³-hybridized carbons (Fsp3) is 0.472. The Bertz CT molecular complexity index is 2730. The van der Waals surface area contributed by atoms with Crippen molar-refractivity contribution in [3.8, 4) is 46.3 Å². The zero-order valence-corrected chi connectivity index (χ0v) is 40.1. The number of likely N-dealkylation sites (N-methyl/N-ethyl adjacent to an activating group) is 2. The van der Waals surface area contributed by atoms with Gasteiger partial charge in [0.05, 0.1) is 25.3 Å². The first-order valence-corrected chi connectivity index (χ1v) is 24.1. The lowest BCUT2D eigenvalue weighted by molar-refractivity contribution is 0.179. The van der Waals surface area contributed by atoms with E-state index in [0.29, 0.717) is 71.8 Å². The summed E-state index contributed by atoms with van der Waals surface area (Å²) in [6, 6.07) is 19.8. The summed E-state index contributed by atoms with van der Waals surface area (Å²) in [4.78, 5) is 15.3. The summed E-state index contributed by atoms with van der Waals surface area (Å²) in [7, 11) is 5.89. The van der Waals surface area contributed by atoms with Gasteiger partial charge in [0, 0.05) is 123 Å². The molecule has 6 aromatic rings. The first-order chi connectivity index (χ1) is 33.5. The predicted octanol–water partition coefficient (Wildman–Crippen LogP) is 4.19. The smallest absolute Gasteiger partial charge is 0.167 e. The van der Waals surface area contributed by atoms with E-state index in [1.54, 1.807) is 26.2 Å². The first kappa shape index (κ1) is 48.1. The molecule has 5 N–H and O–H groups in total. The second kappa shape index (κ2) is 21.4. The van der Waals surface area contributed by atoms with Crippen LogP contribution in [0.5, 0.6) is 0 Å². The Hall–Kier alpha value is -5.92. The molecule has 16 nitrogen and oxygen atoms in total. The number of rotatable bonds is 16. The number of aliphatic hydroxyl groups excluding tert-OH is 4. The quantitative estimate of drug-likeness (QED) is 0.0870. The second-order valence-corrected chi connectivity index (χ2v) is 19.2. The number of nitrogens with zero attached hydrogens (tertiary/aromatic N) is 9. The summed E-state index contributed by atoms with van der Waals surface area (Å²) in [6.45, 7) is 11.0. The molecule has 2 aliphatic carbocycles. The molecule has 0 radical (unpaired) electrons. The largest absolute Gasteiger partial charge is 0.395 e. The summed E-state index contributed by atoms with van der Waals surface area (Å²) in [5.41, 5.74) is 5.43. The van der Waals surface area contributed by atoms with E-state index in [1.165, 1.54) is 0 Å². The molecule has 2 aromatic carbocycles. The Kier molecular flexibility index (Phi) is 14.9. The molecule has 4 aromatic heterocycles. The van der Waals surface area contributed by atoms with Crippen LogP contribution in [-0.4, -0.2) is 151 Å². The molecule has 362 valence electrons. The van der Waals surface area contributed by atoms with Crippen molar-refractivity contribution < 1.29 is 29.5 Å². The summed E-state index contributed by atoms with van der Waals surface area (Å²) in [5, 5.41) is 50.2. The average Bonchev–Trinajstić information content (AvgIpc) is 4.01. The Morgan fingerprint density at radius 1 is 0.667 bits per heavy atom. The van der Waals surface area contributed by atoms with Crippen molar-refractivity contribution in [3.63, 3.8) is 0 Å². The van der Waals surface area contributed by atoms with Gasteiger partial charge in [0.15, 0.2) is 11.5 Å². The van der Waals surface area contributed by atoms with Gasteiger partial charge in [-0.15, -0.1) is 0 Å². The third kappa shape index (κ3) is 10.9. The van der Waals surface area contributed by atoms with Gasteiger partial charge in [-0.2, -0.15) is 0 Å². The van der Waals surface area contributed by atoms with Gasteiger partial charge in [-0.05, 0) is 107 Å². The third-order valence-corrected chi connectivity index (χ3v) is 14.0. The number of hydrogen-bond acceptors (Lipinski definition) is 14. The number of nitrogens with one attached hydrogen (secondary N) is 1. The Morgan fingerprint density at radius 3 is 1.48 bits per heavy atom. The molecule has 2 saturated carbocycles. The van der Waals surface area contributed by atoms with Gasteiger partial charge in [0.1, 0.15) is 35.2 Å². The van der Waals surface area contributed by atoms with E-state index in [-0.39, 0.29) is 25.3 Å². The van der Waals surface area contributed by atoms with Crippen LogP contribution in [0.3, 0.4) is 0 Å². The van der Waals surface area contributed by atoms with Crippen LogP contribution in [0, 0.1) is 59.2 Å². The van der Waals surface area contributed by atoms with Crippen LogP contribution in [0.2, 0.25) is 0 Å². The number of imidazole rings is 2. The van der Waals surface area contributed by atoms with Crippen LogP contribution in [0.1, 0.15) is 72.3 Å². The number of likely N-dealkylation sites (tertiary alicyclic amines) is 2. The molecule has 16 heteroatoms. The molecule has 0 bridgehead atoms. The average molecular weight is 937 g/mol. The normalized spacial score (nSPS) is 23.2. The third-order valence-electron chi connectivity index (χ3n) is 14.0. The van der Waals surface area contributed by atoms with Gasteiger partial charge in [0.25, 0.3) is 0 Å². The van der Waals surface area contributed by atoms with Crippen molar-refractivity contribution in [3.05, 3.63) is 120 Å². The summed E-state index contributed by atoms with van der Waals surface area (Å²) in [6.07, 6.45) is 5.75. The molecule has 6 heterocycles. The maximum atomic E-state index is 10.1. The maximum absolute atomic E-state index is 10.1. The highest BCUT2D eigenvalue weighted by molar-refractivity contribution is 5.60. The molecule has 69 heavy (non-hydrogen) atoms. The minimum Gasteiger partial charge on any atom is -0.395 e. The maximum Gasteiger partial charge on any atom is 0.167 e. The number of fused-ring (bicyclic) bond motifs is 2. The highest BCUT2D eigenvalue weighted by atomic mass is 16.5. The van der Waals surface area contributed by atoms with E-state index in [1.807, 2.05) is 103 Å². The zero-order chi connectivity index (χ0) is 48.2. The minimum absolute atomic E-state index is 0.133. The minimum atomic E-state index is -0.677. The molecule has 10 rings (SSSR count).